The first-order valence-corrected chi connectivity index (χ1v) is 8.91. The van der Waals surface area contributed by atoms with E-state index in [1.165, 1.54) is 6.42 Å². The van der Waals surface area contributed by atoms with Gasteiger partial charge in [-0.05, 0) is 39.5 Å². The zero-order valence-electron chi connectivity index (χ0n) is 15.4. The smallest absolute Gasteiger partial charge is 0.232 e. The third-order valence-corrected chi connectivity index (χ3v) is 5.15. The summed E-state index contributed by atoms with van der Waals surface area (Å²) in [7, 11) is 0. The first kappa shape index (κ1) is 17.2. The molecule has 0 saturated heterocycles. The van der Waals surface area contributed by atoms with Gasteiger partial charge in [-0.3, -0.25) is 10.1 Å². The molecule has 1 atom stereocenters. The number of imidazole rings is 1. The Morgan fingerprint density at radius 1 is 1.29 bits per heavy atom. The van der Waals surface area contributed by atoms with E-state index in [1.54, 1.807) is 0 Å². The van der Waals surface area contributed by atoms with Crippen LogP contribution in [-0.4, -0.2) is 26.2 Å². The summed E-state index contributed by atoms with van der Waals surface area (Å²) in [5.41, 5.74) is -1.22. The largest absolute Gasteiger partial charge is 0.390 e. The van der Waals surface area contributed by atoms with Crippen molar-refractivity contribution in [2.45, 2.75) is 71.9 Å². The van der Waals surface area contributed by atoms with Gasteiger partial charge in [-0.25, -0.2) is 4.98 Å². The van der Waals surface area contributed by atoms with Gasteiger partial charge in [0.25, 0.3) is 0 Å². The van der Waals surface area contributed by atoms with E-state index in [1.807, 2.05) is 34.6 Å². The van der Waals surface area contributed by atoms with E-state index in [9.17, 15) is 9.90 Å². The maximum atomic E-state index is 12.4. The highest BCUT2D eigenvalue weighted by atomic mass is 16.3. The number of aromatic nitrogens is 2. The predicted octanol–water partition coefficient (Wildman–Crippen LogP) is 1.94. The third-order valence-electron chi connectivity index (χ3n) is 5.15. The van der Waals surface area contributed by atoms with Crippen molar-refractivity contribution in [2.75, 3.05) is 5.32 Å². The minimum absolute atomic E-state index is 0.0236. The van der Waals surface area contributed by atoms with Crippen molar-refractivity contribution in [2.24, 2.45) is 11.3 Å². The number of fused-ring (bicyclic) bond motifs is 1. The number of hydrogen-bond donors (Lipinski definition) is 2. The van der Waals surface area contributed by atoms with E-state index in [0.717, 1.165) is 30.0 Å². The van der Waals surface area contributed by atoms with Gasteiger partial charge in [0.15, 0.2) is 0 Å². The monoisotopic (exact) mass is 331 g/mol. The van der Waals surface area contributed by atoms with Crippen LogP contribution in [0.1, 0.15) is 66.3 Å². The van der Waals surface area contributed by atoms with Crippen molar-refractivity contribution in [1.82, 2.24) is 9.55 Å². The van der Waals surface area contributed by atoms with Crippen molar-refractivity contribution in [1.29, 1.82) is 0 Å². The Balaban J connectivity index is 2.06. The van der Waals surface area contributed by atoms with Crippen molar-refractivity contribution in [3.8, 4) is 0 Å². The number of amides is 1. The quantitative estimate of drug-likeness (QED) is 0.889. The first-order valence-electron chi connectivity index (χ1n) is 8.91. The molecule has 5 nitrogen and oxygen atoms in total. The number of aliphatic hydroxyl groups is 1. The van der Waals surface area contributed by atoms with E-state index in [-0.39, 0.29) is 11.8 Å². The van der Waals surface area contributed by atoms with Crippen LogP contribution in [0.2, 0.25) is 0 Å². The van der Waals surface area contributed by atoms with Crippen LogP contribution >= 0.6 is 0 Å². The highest BCUT2D eigenvalue weighted by Crippen LogP contribution is 2.33. The van der Waals surface area contributed by atoms with Gasteiger partial charge in [0.05, 0.1) is 16.3 Å². The fourth-order valence-electron chi connectivity index (χ4n) is 3.16. The average Bonchev–Trinajstić information content (AvgIpc) is 2.72. The number of anilines is 1. The minimum Gasteiger partial charge on any atom is -0.390 e. The molecular formula is C19H29N3O2. The molecule has 0 radical (unpaired) electrons. The molecule has 2 N–H and O–H groups in total. The lowest BCUT2D eigenvalue weighted by Crippen LogP contribution is -2.41. The lowest BCUT2D eigenvalue weighted by molar-refractivity contribution is -0.123. The molecule has 1 fully saturated rings. The second kappa shape index (κ2) is 5.73. The normalized spacial score (nSPS) is 21.3. The van der Waals surface area contributed by atoms with E-state index in [0.29, 0.717) is 12.0 Å². The topological polar surface area (TPSA) is 67.2 Å². The van der Waals surface area contributed by atoms with E-state index >= 15 is 0 Å². The summed E-state index contributed by atoms with van der Waals surface area (Å²) in [6.07, 6.45) is 8.42. The SMILES string of the molecule is CC(C)(C)C(=O)Nc1nc2c(n1C1CCC1)=CC(C(C)(C)O)CC=2. The van der Waals surface area contributed by atoms with Crippen LogP contribution in [-0.2, 0) is 4.79 Å². The van der Waals surface area contributed by atoms with Gasteiger partial charge >= 0.3 is 0 Å². The summed E-state index contributed by atoms with van der Waals surface area (Å²) in [5.74, 6) is 0.685. The van der Waals surface area contributed by atoms with Crippen LogP contribution in [0.15, 0.2) is 0 Å². The van der Waals surface area contributed by atoms with Gasteiger partial charge in [0.1, 0.15) is 0 Å². The maximum Gasteiger partial charge on any atom is 0.232 e. The number of carbonyl (C=O) groups excluding carboxylic acids is 1. The van der Waals surface area contributed by atoms with Gasteiger partial charge < -0.3 is 9.67 Å². The number of nitrogens with one attached hydrogen (secondary N) is 1. The van der Waals surface area contributed by atoms with Gasteiger partial charge in [-0.15, -0.1) is 0 Å². The van der Waals surface area contributed by atoms with Crippen LogP contribution in [0, 0.1) is 11.3 Å². The molecule has 0 spiro atoms. The first-order chi connectivity index (χ1) is 11.1. The van der Waals surface area contributed by atoms with Crippen LogP contribution in [0.3, 0.4) is 0 Å². The predicted molar refractivity (Wildman–Crippen MR) is 95.8 cm³/mol. The van der Waals surface area contributed by atoms with Crippen molar-refractivity contribution in [3.63, 3.8) is 0 Å². The van der Waals surface area contributed by atoms with Crippen molar-refractivity contribution >= 4 is 24.0 Å². The Hall–Kier alpha value is -1.62. The molecule has 0 aliphatic heterocycles. The molecule has 0 aromatic carbocycles. The Morgan fingerprint density at radius 3 is 2.46 bits per heavy atom. The molecule has 1 amide bonds. The Labute approximate surface area is 143 Å². The number of rotatable bonds is 3. The Morgan fingerprint density at radius 2 is 1.96 bits per heavy atom. The van der Waals surface area contributed by atoms with Crippen molar-refractivity contribution < 1.29 is 9.90 Å². The van der Waals surface area contributed by atoms with Gasteiger partial charge in [-0.2, -0.15) is 0 Å². The average molecular weight is 331 g/mol. The lowest BCUT2D eigenvalue weighted by atomic mass is 9.85. The van der Waals surface area contributed by atoms with E-state index in [2.05, 4.69) is 27.0 Å². The molecule has 1 aromatic rings. The standard InChI is InChI=1S/C19H29N3O2/c1-18(2,3)16(23)21-17-20-14-10-9-12(19(4,5)24)11-15(14)22(17)13-7-6-8-13/h10-13,24H,6-9H2,1-5H3,(H,20,21,23). The summed E-state index contributed by atoms with van der Waals surface area (Å²) < 4.78 is 2.18. The Kier molecular flexibility index (Phi) is 4.11. The highest BCUT2D eigenvalue weighted by molar-refractivity contribution is 5.93. The van der Waals surface area contributed by atoms with Crippen LogP contribution in [0.25, 0.3) is 12.2 Å². The van der Waals surface area contributed by atoms with Gasteiger partial charge in [0, 0.05) is 17.4 Å². The van der Waals surface area contributed by atoms with E-state index in [4.69, 9.17) is 0 Å². The molecule has 3 rings (SSSR count). The number of hydrogen-bond acceptors (Lipinski definition) is 3. The van der Waals surface area contributed by atoms with Gasteiger partial charge in [-0.1, -0.05) is 32.9 Å². The second-order valence-corrected chi connectivity index (χ2v) is 8.73. The second-order valence-electron chi connectivity index (χ2n) is 8.73. The summed E-state index contributed by atoms with van der Waals surface area (Å²) >= 11 is 0. The molecule has 1 saturated carbocycles. The summed E-state index contributed by atoms with van der Waals surface area (Å²) in [5, 5.41) is 15.4. The molecule has 1 heterocycles. The zero-order valence-corrected chi connectivity index (χ0v) is 15.4. The molecule has 5 heteroatoms. The van der Waals surface area contributed by atoms with E-state index < -0.39 is 11.0 Å². The molecule has 0 bridgehead atoms. The summed E-state index contributed by atoms with van der Waals surface area (Å²) in [4.78, 5) is 17.1. The Bertz CT molecular complexity index is 758. The van der Waals surface area contributed by atoms with Gasteiger partial charge in [0.2, 0.25) is 11.9 Å². The molecule has 1 aromatic heterocycles. The molecule has 1 unspecified atom stereocenters. The molecular weight excluding hydrogens is 302 g/mol. The van der Waals surface area contributed by atoms with Crippen LogP contribution in [0.5, 0.6) is 0 Å². The molecule has 2 aliphatic rings. The van der Waals surface area contributed by atoms with Crippen molar-refractivity contribution in [3.05, 3.63) is 10.7 Å². The minimum atomic E-state index is -0.766. The third kappa shape index (κ3) is 3.14. The highest BCUT2D eigenvalue weighted by Gasteiger charge is 2.31. The fourth-order valence-corrected chi connectivity index (χ4v) is 3.16. The van der Waals surface area contributed by atoms with Crippen LogP contribution in [0.4, 0.5) is 5.95 Å². The fraction of sp³-hybridized carbons (Fsp3) is 0.684. The number of nitrogens with zero attached hydrogens (tertiary/aromatic N) is 2. The summed E-state index contributed by atoms with van der Waals surface area (Å²) in [6.45, 7) is 9.41. The maximum absolute atomic E-state index is 12.4. The summed E-state index contributed by atoms with van der Waals surface area (Å²) in [6, 6.07) is 0.390. The lowest BCUT2D eigenvalue weighted by Gasteiger charge is -2.31. The molecule has 24 heavy (non-hydrogen) atoms. The zero-order chi connectivity index (χ0) is 17.7. The molecule has 2 aliphatic carbocycles. The molecule has 132 valence electrons. The number of carbonyl (C=O) groups is 1. The van der Waals surface area contributed by atoms with Crippen LogP contribution < -0.4 is 16.0 Å².